The first-order valence-corrected chi connectivity index (χ1v) is 9.22. The minimum atomic E-state index is -0.725. The lowest BCUT2D eigenvalue weighted by Crippen LogP contribution is -2.64. The fourth-order valence-electron chi connectivity index (χ4n) is 3.67. The molecule has 3 atom stereocenters. The van der Waals surface area contributed by atoms with Crippen molar-refractivity contribution >= 4 is 17.9 Å². The molecule has 1 heterocycles. The lowest BCUT2D eigenvalue weighted by atomic mass is 9.88. The molecule has 1 amide bonds. The molecule has 146 valence electrons. The van der Waals surface area contributed by atoms with Crippen molar-refractivity contribution in [3.8, 4) is 5.75 Å². The number of aromatic hydroxyl groups is 1. The fourth-order valence-corrected chi connectivity index (χ4v) is 3.67. The fraction of sp³-hybridized carbons (Fsp3) is 0.130. The van der Waals surface area contributed by atoms with Crippen molar-refractivity contribution in [3.63, 3.8) is 0 Å². The normalized spacial score (nSPS) is 19.0. The Balaban J connectivity index is 1.78. The van der Waals surface area contributed by atoms with Gasteiger partial charge in [0.25, 0.3) is 0 Å². The van der Waals surface area contributed by atoms with E-state index in [0.717, 1.165) is 17.4 Å². The molecule has 3 unspecified atom stereocenters. The molecule has 3 aromatic rings. The number of nitrogens with one attached hydrogen (secondary N) is 1. The molecule has 29 heavy (non-hydrogen) atoms. The number of aldehydes is 1. The maximum Gasteiger partial charge on any atom is 0.245 e. The number of amides is 1. The molecule has 5 nitrogen and oxygen atoms in total. The third kappa shape index (κ3) is 3.57. The zero-order valence-corrected chi connectivity index (χ0v) is 15.4. The average molecular weight is 390 g/mol. The zero-order chi connectivity index (χ0) is 20.4. The summed E-state index contributed by atoms with van der Waals surface area (Å²) in [5.74, 6) is -0.499. The molecule has 0 saturated carbocycles. The summed E-state index contributed by atoms with van der Waals surface area (Å²) in [4.78, 5) is 26.5. The standard InChI is InChI=1S/C23H19FN2O3/c24-17-8-10-18(11-9-17)26(20(14-27)15-4-2-1-3-5-15)22-21(25-23(22)29)16-6-12-19(28)13-7-16/h1-14,20-22,28H,(H,25,29). The molecule has 1 fully saturated rings. The van der Waals surface area contributed by atoms with Gasteiger partial charge in [-0.05, 0) is 47.5 Å². The summed E-state index contributed by atoms with van der Waals surface area (Å²) in [7, 11) is 0. The van der Waals surface area contributed by atoms with Gasteiger partial charge in [0, 0.05) is 5.69 Å². The van der Waals surface area contributed by atoms with Crippen molar-refractivity contribution in [2.45, 2.75) is 18.1 Å². The van der Waals surface area contributed by atoms with Crippen LogP contribution in [0.2, 0.25) is 0 Å². The van der Waals surface area contributed by atoms with Crippen molar-refractivity contribution in [2.75, 3.05) is 4.90 Å². The number of β-lactam (4-membered cyclic amide) rings is 1. The number of phenols is 1. The van der Waals surface area contributed by atoms with E-state index in [0.29, 0.717) is 5.69 Å². The molecule has 0 radical (unpaired) electrons. The SMILES string of the molecule is O=CC(c1ccccc1)N(c1ccc(F)cc1)C1C(=O)NC1c1ccc(O)cc1. The Morgan fingerprint density at radius 3 is 2.21 bits per heavy atom. The number of rotatable bonds is 6. The van der Waals surface area contributed by atoms with Crippen LogP contribution in [0.4, 0.5) is 10.1 Å². The van der Waals surface area contributed by atoms with Crippen LogP contribution >= 0.6 is 0 Å². The van der Waals surface area contributed by atoms with Crippen LogP contribution in [0.1, 0.15) is 23.2 Å². The second-order valence-electron chi connectivity index (χ2n) is 6.90. The van der Waals surface area contributed by atoms with E-state index >= 15 is 0 Å². The van der Waals surface area contributed by atoms with Gasteiger partial charge in [0.1, 0.15) is 29.9 Å². The van der Waals surface area contributed by atoms with Crippen LogP contribution in [0.25, 0.3) is 0 Å². The highest BCUT2D eigenvalue weighted by molar-refractivity contribution is 5.94. The van der Waals surface area contributed by atoms with Gasteiger partial charge in [-0.3, -0.25) is 4.79 Å². The first-order valence-electron chi connectivity index (χ1n) is 9.22. The summed E-state index contributed by atoms with van der Waals surface area (Å²) in [6.45, 7) is 0. The van der Waals surface area contributed by atoms with E-state index in [4.69, 9.17) is 0 Å². The van der Waals surface area contributed by atoms with Crippen molar-refractivity contribution in [3.05, 3.63) is 95.8 Å². The molecule has 0 bridgehead atoms. The van der Waals surface area contributed by atoms with Gasteiger partial charge >= 0.3 is 0 Å². The molecule has 1 aliphatic rings. The Bertz CT molecular complexity index is 1010. The predicted molar refractivity (Wildman–Crippen MR) is 107 cm³/mol. The van der Waals surface area contributed by atoms with E-state index in [2.05, 4.69) is 5.32 Å². The minimum absolute atomic E-state index is 0.126. The van der Waals surface area contributed by atoms with Crippen molar-refractivity contribution in [1.29, 1.82) is 0 Å². The van der Waals surface area contributed by atoms with Crippen molar-refractivity contribution in [1.82, 2.24) is 5.32 Å². The molecular weight excluding hydrogens is 371 g/mol. The van der Waals surface area contributed by atoms with Crippen molar-refractivity contribution in [2.24, 2.45) is 0 Å². The monoisotopic (exact) mass is 390 g/mol. The van der Waals surface area contributed by atoms with E-state index in [-0.39, 0.29) is 17.7 Å². The van der Waals surface area contributed by atoms with Crippen LogP contribution in [-0.2, 0) is 9.59 Å². The quantitative estimate of drug-likeness (QED) is 0.499. The van der Waals surface area contributed by atoms with Crippen LogP contribution in [0.3, 0.4) is 0 Å². The van der Waals surface area contributed by atoms with Gasteiger partial charge < -0.3 is 20.1 Å². The van der Waals surface area contributed by atoms with E-state index in [1.807, 2.05) is 30.3 Å². The van der Waals surface area contributed by atoms with Gasteiger partial charge in [0.2, 0.25) is 5.91 Å². The van der Waals surface area contributed by atoms with E-state index in [1.54, 1.807) is 41.3 Å². The number of benzene rings is 3. The highest BCUT2D eigenvalue weighted by Gasteiger charge is 2.47. The number of halogens is 1. The summed E-state index contributed by atoms with van der Waals surface area (Å²) in [5, 5.41) is 12.4. The number of carbonyl (C=O) groups is 2. The molecule has 1 aliphatic heterocycles. The summed E-state index contributed by atoms with van der Waals surface area (Å²) < 4.78 is 13.5. The Morgan fingerprint density at radius 1 is 0.966 bits per heavy atom. The number of anilines is 1. The lowest BCUT2D eigenvalue weighted by Gasteiger charge is -2.47. The van der Waals surface area contributed by atoms with Crippen LogP contribution in [-0.4, -0.2) is 23.3 Å². The second kappa shape index (κ2) is 7.75. The maximum absolute atomic E-state index is 13.5. The lowest BCUT2D eigenvalue weighted by molar-refractivity contribution is -0.131. The average Bonchev–Trinajstić information content (AvgIpc) is 2.74. The third-order valence-electron chi connectivity index (χ3n) is 5.13. The van der Waals surface area contributed by atoms with Gasteiger partial charge in [-0.1, -0.05) is 42.5 Å². The number of nitrogens with zero attached hydrogens (tertiary/aromatic N) is 1. The van der Waals surface area contributed by atoms with E-state index in [1.165, 1.54) is 12.1 Å². The largest absolute Gasteiger partial charge is 0.508 e. The minimum Gasteiger partial charge on any atom is -0.508 e. The smallest absolute Gasteiger partial charge is 0.245 e. The number of hydrogen-bond donors (Lipinski definition) is 2. The first kappa shape index (κ1) is 18.7. The highest BCUT2D eigenvalue weighted by atomic mass is 19.1. The van der Waals surface area contributed by atoms with Crippen LogP contribution in [0, 0.1) is 5.82 Å². The van der Waals surface area contributed by atoms with Crippen LogP contribution in [0.5, 0.6) is 5.75 Å². The molecule has 0 spiro atoms. The van der Waals surface area contributed by atoms with E-state index in [9.17, 15) is 19.1 Å². The number of carbonyl (C=O) groups excluding carboxylic acids is 2. The topological polar surface area (TPSA) is 69.6 Å². The van der Waals surface area contributed by atoms with Gasteiger partial charge in [-0.25, -0.2) is 4.39 Å². The van der Waals surface area contributed by atoms with Gasteiger partial charge in [-0.15, -0.1) is 0 Å². The molecular formula is C23H19FN2O3. The summed E-state index contributed by atoms with van der Waals surface area (Å²) in [5.41, 5.74) is 2.10. The Labute approximate surface area is 167 Å². The number of hydrogen-bond acceptors (Lipinski definition) is 4. The third-order valence-corrected chi connectivity index (χ3v) is 5.13. The predicted octanol–water partition coefficient (Wildman–Crippen LogP) is 3.52. The molecule has 0 aliphatic carbocycles. The Morgan fingerprint density at radius 2 is 1.62 bits per heavy atom. The second-order valence-corrected chi connectivity index (χ2v) is 6.90. The zero-order valence-electron chi connectivity index (χ0n) is 15.4. The van der Waals surface area contributed by atoms with Crippen LogP contribution in [0.15, 0.2) is 78.9 Å². The Kier molecular flexibility index (Phi) is 4.99. The molecule has 1 saturated heterocycles. The summed E-state index contributed by atoms with van der Waals surface area (Å²) in [6.07, 6.45) is 0.790. The molecule has 6 heteroatoms. The highest BCUT2D eigenvalue weighted by Crippen LogP contribution is 2.38. The van der Waals surface area contributed by atoms with Gasteiger partial charge in [-0.2, -0.15) is 0 Å². The summed E-state index contributed by atoms with van der Waals surface area (Å²) in [6, 6.07) is 19.7. The van der Waals surface area contributed by atoms with Crippen molar-refractivity contribution < 1.29 is 19.1 Å². The molecule has 4 rings (SSSR count). The molecule has 2 N–H and O–H groups in total. The molecule has 3 aromatic carbocycles. The van der Waals surface area contributed by atoms with Crippen LogP contribution < -0.4 is 10.2 Å². The molecule has 0 aromatic heterocycles. The first-order chi connectivity index (χ1) is 14.1. The Hall–Kier alpha value is -3.67. The van der Waals surface area contributed by atoms with Gasteiger partial charge in [0.05, 0.1) is 6.04 Å². The maximum atomic E-state index is 13.5. The summed E-state index contributed by atoms with van der Waals surface area (Å²) >= 11 is 0. The number of phenolic OH excluding ortho intramolecular Hbond substituents is 1. The van der Waals surface area contributed by atoms with E-state index < -0.39 is 17.9 Å². The van der Waals surface area contributed by atoms with Gasteiger partial charge in [0.15, 0.2) is 0 Å².